The molecule has 1 N–H and O–H groups in total. The first-order chi connectivity index (χ1) is 7.89. The Labute approximate surface area is 103 Å². The number of halogens is 1. The van der Waals surface area contributed by atoms with E-state index >= 15 is 0 Å². The molecule has 0 aromatic carbocycles. The van der Waals surface area contributed by atoms with Gasteiger partial charge in [-0.3, -0.25) is 4.79 Å². The van der Waals surface area contributed by atoms with Gasteiger partial charge in [-0.2, -0.15) is 9.57 Å². The second-order valence-electron chi connectivity index (χ2n) is 3.25. The van der Waals surface area contributed by atoms with Crippen LogP contribution in [-0.4, -0.2) is 31.3 Å². The summed E-state index contributed by atoms with van der Waals surface area (Å²) in [5, 5.41) is 8.20. The molecule has 6 nitrogen and oxygen atoms in total. The maximum Gasteiger partial charge on any atom is 0.266 e. The van der Waals surface area contributed by atoms with Crippen molar-refractivity contribution in [1.82, 2.24) is 9.29 Å². The van der Waals surface area contributed by atoms with E-state index in [0.717, 1.165) is 16.6 Å². The van der Waals surface area contributed by atoms with Crippen molar-refractivity contribution < 1.29 is 8.42 Å². The van der Waals surface area contributed by atoms with Crippen molar-refractivity contribution in [2.24, 2.45) is 0 Å². The van der Waals surface area contributed by atoms with Gasteiger partial charge in [-0.25, -0.2) is 8.42 Å². The average molecular weight is 276 g/mol. The lowest BCUT2D eigenvalue weighted by Crippen LogP contribution is -2.28. The Bertz CT molecular complexity index is 603. The van der Waals surface area contributed by atoms with Gasteiger partial charge in [0.05, 0.1) is 11.0 Å². The molecule has 0 saturated heterocycles. The van der Waals surface area contributed by atoms with Gasteiger partial charge in [0.15, 0.2) is 0 Å². The lowest BCUT2D eigenvalue weighted by Gasteiger charge is -2.15. The van der Waals surface area contributed by atoms with E-state index in [1.807, 2.05) is 6.07 Å². The zero-order valence-electron chi connectivity index (χ0n) is 8.97. The average Bonchev–Trinajstić information content (AvgIpc) is 2.29. The first-order valence-corrected chi connectivity index (χ1v) is 6.43. The van der Waals surface area contributed by atoms with Crippen molar-refractivity contribution in [2.75, 3.05) is 13.6 Å². The van der Waals surface area contributed by atoms with Crippen LogP contribution in [0.1, 0.15) is 6.42 Å². The molecule has 92 valence electrons. The first kappa shape index (κ1) is 13.7. The zero-order valence-corrected chi connectivity index (χ0v) is 10.5. The largest absolute Gasteiger partial charge is 0.326 e. The van der Waals surface area contributed by atoms with E-state index in [9.17, 15) is 13.2 Å². The van der Waals surface area contributed by atoms with E-state index in [1.165, 1.54) is 7.05 Å². The Morgan fingerprint density at radius 1 is 1.59 bits per heavy atom. The van der Waals surface area contributed by atoms with Crippen molar-refractivity contribution >= 4 is 21.6 Å². The molecule has 0 unspecified atom stereocenters. The molecule has 0 fully saturated rings. The summed E-state index contributed by atoms with van der Waals surface area (Å²) in [6, 6.07) is 2.93. The summed E-state index contributed by atoms with van der Waals surface area (Å²) in [4.78, 5) is 13.1. The molecule has 1 aromatic rings. The third kappa shape index (κ3) is 3.06. The van der Waals surface area contributed by atoms with Crippen molar-refractivity contribution in [3.05, 3.63) is 27.6 Å². The summed E-state index contributed by atoms with van der Waals surface area (Å²) in [5.74, 6) is 0. The van der Waals surface area contributed by atoms with E-state index in [2.05, 4.69) is 4.98 Å². The number of nitrogens with zero attached hydrogens (tertiary/aromatic N) is 2. The second-order valence-corrected chi connectivity index (χ2v) is 5.70. The van der Waals surface area contributed by atoms with Crippen LogP contribution in [0.25, 0.3) is 0 Å². The van der Waals surface area contributed by atoms with E-state index in [4.69, 9.17) is 16.9 Å². The quantitative estimate of drug-likeness (QED) is 0.869. The molecule has 1 rings (SSSR count). The van der Waals surface area contributed by atoms with Crippen LogP contribution in [0.3, 0.4) is 0 Å². The number of aromatic amines is 1. The van der Waals surface area contributed by atoms with Crippen LogP contribution < -0.4 is 5.56 Å². The Hall–Kier alpha value is -1.36. The standard InChI is InChI=1S/C9H10ClN3O3S/c1-13(4-2-3-11)17(15,16)7-5-8(10)9(14)12-6-7/h5-6H,2,4H2,1H3,(H,12,14). The maximum atomic E-state index is 11.9. The number of pyridine rings is 1. The van der Waals surface area contributed by atoms with E-state index in [1.54, 1.807) is 0 Å². The molecule has 0 bridgehead atoms. The molecule has 0 amide bonds. The van der Waals surface area contributed by atoms with Crippen molar-refractivity contribution in [3.8, 4) is 6.07 Å². The number of hydrogen-bond acceptors (Lipinski definition) is 4. The third-order valence-corrected chi connectivity index (χ3v) is 4.19. The Kier molecular flexibility index (Phi) is 4.28. The number of aromatic nitrogens is 1. The molecule has 1 heterocycles. The van der Waals surface area contributed by atoms with Crippen LogP contribution in [-0.2, 0) is 10.0 Å². The van der Waals surface area contributed by atoms with Gasteiger partial charge >= 0.3 is 0 Å². The minimum atomic E-state index is -3.72. The number of nitriles is 1. The monoisotopic (exact) mass is 275 g/mol. The van der Waals surface area contributed by atoms with E-state index in [-0.39, 0.29) is 22.9 Å². The summed E-state index contributed by atoms with van der Waals surface area (Å²) >= 11 is 5.55. The topological polar surface area (TPSA) is 94.0 Å². The molecule has 0 aliphatic carbocycles. The first-order valence-electron chi connectivity index (χ1n) is 4.61. The molecule has 1 aromatic heterocycles. The molecule has 0 saturated carbocycles. The molecule has 17 heavy (non-hydrogen) atoms. The summed E-state index contributed by atoms with van der Waals surface area (Å²) in [6.07, 6.45) is 1.17. The molecule has 8 heteroatoms. The highest BCUT2D eigenvalue weighted by Crippen LogP contribution is 2.15. The van der Waals surface area contributed by atoms with Gasteiger partial charge in [0.25, 0.3) is 5.56 Å². The lowest BCUT2D eigenvalue weighted by molar-refractivity contribution is 0.476. The maximum absolute atomic E-state index is 11.9. The van der Waals surface area contributed by atoms with Crippen LogP contribution in [0.5, 0.6) is 0 Å². The SMILES string of the molecule is CN(CCC#N)S(=O)(=O)c1c[nH]c(=O)c(Cl)c1. The van der Waals surface area contributed by atoms with Gasteiger partial charge in [-0.15, -0.1) is 0 Å². The number of H-pyrrole nitrogens is 1. The fraction of sp³-hybridized carbons (Fsp3) is 0.333. The smallest absolute Gasteiger partial charge is 0.266 e. The molecule has 0 aliphatic rings. The van der Waals surface area contributed by atoms with Crippen LogP contribution in [0.2, 0.25) is 5.02 Å². The van der Waals surface area contributed by atoms with E-state index in [0.29, 0.717) is 0 Å². The van der Waals surface area contributed by atoms with Gasteiger partial charge in [-0.1, -0.05) is 11.6 Å². The Morgan fingerprint density at radius 3 is 2.76 bits per heavy atom. The fourth-order valence-electron chi connectivity index (χ4n) is 1.09. The number of rotatable bonds is 4. The van der Waals surface area contributed by atoms with Gasteiger partial charge in [0.1, 0.15) is 5.02 Å². The van der Waals surface area contributed by atoms with Gasteiger partial charge in [-0.05, 0) is 6.07 Å². The summed E-state index contributed by atoms with van der Waals surface area (Å²) < 4.78 is 24.9. The molecular formula is C9H10ClN3O3S. The minimum Gasteiger partial charge on any atom is -0.326 e. The number of hydrogen-bond donors (Lipinski definition) is 1. The van der Waals surface area contributed by atoms with Crippen LogP contribution in [0.15, 0.2) is 22.0 Å². The zero-order chi connectivity index (χ0) is 13.1. The van der Waals surface area contributed by atoms with E-state index < -0.39 is 15.6 Å². The van der Waals surface area contributed by atoms with Gasteiger partial charge in [0, 0.05) is 26.2 Å². The van der Waals surface area contributed by atoms with Gasteiger partial charge in [0.2, 0.25) is 10.0 Å². The molecular weight excluding hydrogens is 266 g/mol. The number of sulfonamides is 1. The summed E-state index contributed by atoms with van der Waals surface area (Å²) in [6.45, 7) is 0.0789. The normalized spacial score (nSPS) is 11.4. The fourth-order valence-corrected chi connectivity index (χ4v) is 2.50. The minimum absolute atomic E-state index is 0.0789. The lowest BCUT2D eigenvalue weighted by atomic mass is 10.5. The molecule has 0 spiro atoms. The summed E-state index contributed by atoms with van der Waals surface area (Å²) in [7, 11) is -2.37. The second kappa shape index (κ2) is 5.31. The Balaban J connectivity index is 3.09. The summed E-state index contributed by atoms with van der Waals surface area (Å²) in [5.41, 5.74) is -0.551. The highest BCUT2D eigenvalue weighted by Gasteiger charge is 2.21. The molecule has 0 radical (unpaired) electrons. The molecule has 0 aliphatic heterocycles. The predicted octanol–water partition coefficient (Wildman–Crippen LogP) is 0.562. The number of nitrogens with one attached hydrogen (secondary N) is 1. The molecule has 0 atom stereocenters. The predicted molar refractivity (Wildman–Crippen MR) is 62.1 cm³/mol. The highest BCUT2D eigenvalue weighted by atomic mass is 35.5. The Morgan fingerprint density at radius 2 is 2.24 bits per heavy atom. The highest BCUT2D eigenvalue weighted by molar-refractivity contribution is 7.89. The van der Waals surface area contributed by atoms with Crippen molar-refractivity contribution in [1.29, 1.82) is 5.26 Å². The van der Waals surface area contributed by atoms with Crippen LogP contribution in [0, 0.1) is 11.3 Å². The van der Waals surface area contributed by atoms with Crippen LogP contribution >= 0.6 is 11.6 Å². The third-order valence-electron chi connectivity index (χ3n) is 2.08. The van der Waals surface area contributed by atoms with Crippen molar-refractivity contribution in [2.45, 2.75) is 11.3 Å². The van der Waals surface area contributed by atoms with Crippen LogP contribution in [0.4, 0.5) is 0 Å². The van der Waals surface area contributed by atoms with Gasteiger partial charge < -0.3 is 4.98 Å². The van der Waals surface area contributed by atoms with Crippen molar-refractivity contribution in [3.63, 3.8) is 0 Å².